The largest absolute Gasteiger partial charge is 0.375 e. The summed E-state index contributed by atoms with van der Waals surface area (Å²) >= 11 is 1.41. The molecule has 0 aromatic carbocycles. The molecule has 0 saturated carbocycles. The molecule has 1 aromatic heterocycles. The van der Waals surface area contributed by atoms with E-state index < -0.39 is 0 Å². The number of hydrogen-bond acceptors (Lipinski definition) is 6. The monoisotopic (exact) mass is 299 g/mol. The summed E-state index contributed by atoms with van der Waals surface area (Å²) in [6.45, 7) is 7.00. The smallest absolute Gasteiger partial charge is 0.233 e. The lowest BCUT2D eigenvalue weighted by Crippen LogP contribution is -2.45. The predicted molar refractivity (Wildman–Crippen MR) is 76.5 cm³/mol. The van der Waals surface area contributed by atoms with Gasteiger partial charge in [-0.05, 0) is 13.8 Å². The number of carbonyl (C=O) groups is 1. The standard InChI is InChI=1S/C12H21N5O2S/c1-9-7-16(5-6-19-9)11(18)8-20-12-15-14-10(2)17(12)4-3-13/h9H,3-8,13H2,1-2H3. The molecule has 20 heavy (non-hydrogen) atoms. The molecule has 1 aromatic rings. The molecule has 2 heterocycles. The van der Waals surface area contributed by atoms with E-state index in [9.17, 15) is 4.79 Å². The van der Waals surface area contributed by atoms with Crippen LogP contribution in [-0.4, -0.2) is 63.7 Å². The highest BCUT2D eigenvalue weighted by molar-refractivity contribution is 7.99. The Morgan fingerprint density at radius 2 is 2.35 bits per heavy atom. The van der Waals surface area contributed by atoms with Gasteiger partial charge in [-0.2, -0.15) is 0 Å². The fourth-order valence-corrected chi connectivity index (χ4v) is 3.03. The Bertz CT molecular complexity index is 465. The molecule has 1 unspecified atom stereocenters. The van der Waals surface area contributed by atoms with E-state index in [-0.39, 0.29) is 12.0 Å². The van der Waals surface area contributed by atoms with Crippen molar-refractivity contribution < 1.29 is 9.53 Å². The summed E-state index contributed by atoms with van der Waals surface area (Å²) in [5.74, 6) is 1.31. The number of nitrogens with two attached hydrogens (primary N) is 1. The molecule has 0 spiro atoms. The molecule has 1 aliphatic heterocycles. The maximum absolute atomic E-state index is 12.2. The van der Waals surface area contributed by atoms with Crippen LogP contribution in [0.25, 0.3) is 0 Å². The molecular weight excluding hydrogens is 278 g/mol. The van der Waals surface area contributed by atoms with Gasteiger partial charge in [0, 0.05) is 26.2 Å². The SMILES string of the molecule is Cc1nnc(SCC(=O)N2CCOC(C)C2)n1CCN. The van der Waals surface area contributed by atoms with E-state index in [2.05, 4.69) is 10.2 Å². The lowest BCUT2D eigenvalue weighted by atomic mass is 10.3. The van der Waals surface area contributed by atoms with E-state index in [1.165, 1.54) is 11.8 Å². The molecule has 8 heteroatoms. The molecule has 1 fully saturated rings. The van der Waals surface area contributed by atoms with Crippen molar-refractivity contribution in [3.05, 3.63) is 5.82 Å². The van der Waals surface area contributed by atoms with Crippen LogP contribution in [0.1, 0.15) is 12.7 Å². The number of rotatable bonds is 5. The zero-order valence-corrected chi connectivity index (χ0v) is 12.7. The minimum absolute atomic E-state index is 0.112. The number of ether oxygens (including phenoxy) is 1. The number of amides is 1. The van der Waals surface area contributed by atoms with E-state index >= 15 is 0 Å². The zero-order valence-electron chi connectivity index (χ0n) is 11.9. The van der Waals surface area contributed by atoms with Crippen molar-refractivity contribution in [2.75, 3.05) is 32.0 Å². The van der Waals surface area contributed by atoms with Crippen LogP contribution in [0, 0.1) is 6.92 Å². The Morgan fingerprint density at radius 3 is 3.05 bits per heavy atom. The quantitative estimate of drug-likeness (QED) is 0.763. The molecule has 0 aliphatic carbocycles. The van der Waals surface area contributed by atoms with Crippen LogP contribution in [0.3, 0.4) is 0 Å². The van der Waals surface area contributed by atoms with Crippen molar-refractivity contribution in [2.45, 2.75) is 31.7 Å². The van der Waals surface area contributed by atoms with E-state index in [0.717, 1.165) is 11.0 Å². The molecule has 1 amide bonds. The van der Waals surface area contributed by atoms with Gasteiger partial charge in [0.05, 0.1) is 18.5 Å². The summed E-state index contributed by atoms with van der Waals surface area (Å²) in [6.07, 6.45) is 0.112. The summed E-state index contributed by atoms with van der Waals surface area (Å²) < 4.78 is 7.38. The van der Waals surface area contributed by atoms with Crippen LogP contribution in [-0.2, 0) is 16.1 Å². The molecule has 7 nitrogen and oxygen atoms in total. The predicted octanol–water partition coefficient (Wildman–Crippen LogP) is -0.115. The molecule has 1 saturated heterocycles. The highest BCUT2D eigenvalue weighted by atomic mass is 32.2. The van der Waals surface area contributed by atoms with E-state index in [1.807, 2.05) is 23.3 Å². The third kappa shape index (κ3) is 3.71. The fourth-order valence-electron chi connectivity index (χ4n) is 2.12. The Labute approximate surface area is 122 Å². The maximum Gasteiger partial charge on any atom is 0.233 e. The molecule has 112 valence electrons. The van der Waals surface area contributed by atoms with Crippen molar-refractivity contribution in [2.24, 2.45) is 5.73 Å². The second kappa shape index (κ2) is 7.05. The Kier molecular flexibility index (Phi) is 5.38. The van der Waals surface area contributed by atoms with Gasteiger partial charge >= 0.3 is 0 Å². The molecular formula is C12H21N5O2S. The zero-order chi connectivity index (χ0) is 14.5. The van der Waals surface area contributed by atoms with Crippen molar-refractivity contribution in [1.29, 1.82) is 0 Å². The first-order valence-corrected chi connectivity index (χ1v) is 7.72. The van der Waals surface area contributed by atoms with Gasteiger partial charge in [0.15, 0.2) is 5.16 Å². The van der Waals surface area contributed by atoms with Crippen LogP contribution in [0.2, 0.25) is 0 Å². The minimum atomic E-state index is 0.112. The second-order valence-electron chi connectivity index (χ2n) is 4.78. The molecule has 2 N–H and O–H groups in total. The highest BCUT2D eigenvalue weighted by Gasteiger charge is 2.22. The lowest BCUT2D eigenvalue weighted by Gasteiger charge is -2.31. The summed E-state index contributed by atoms with van der Waals surface area (Å²) in [4.78, 5) is 14.0. The first-order chi connectivity index (χ1) is 9.61. The Hall–Kier alpha value is -1.12. The van der Waals surface area contributed by atoms with Crippen LogP contribution in [0.4, 0.5) is 0 Å². The lowest BCUT2D eigenvalue weighted by molar-refractivity contribution is -0.135. The fraction of sp³-hybridized carbons (Fsp3) is 0.750. The van der Waals surface area contributed by atoms with Crippen molar-refractivity contribution in [3.63, 3.8) is 0 Å². The van der Waals surface area contributed by atoms with Crippen LogP contribution >= 0.6 is 11.8 Å². The van der Waals surface area contributed by atoms with Gasteiger partial charge in [-0.3, -0.25) is 4.79 Å². The first kappa shape index (κ1) is 15.3. The average Bonchev–Trinajstić information content (AvgIpc) is 2.78. The topological polar surface area (TPSA) is 86.3 Å². The third-order valence-corrected chi connectivity index (χ3v) is 4.12. The number of nitrogens with zero attached hydrogens (tertiary/aromatic N) is 4. The Morgan fingerprint density at radius 1 is 1.55 bits per heavy atom. The maximum atomic E-state index is 12.2. The van der Waals surface area contributed by atoms with Gasteiger partial charge in [-0.25, -0.2) is 0 Å². The highest BCUT2D eigenvalue weighted by Crippen LogP contribution is 2.18. The van der Waals surface area contributed by atoms with Crippen LogP contribution in [0.5, 0.6) is 0 Å². The second-order valence-corrected chi connectivity index (χ2v) is 5.72. The van der Waals surface area contributed by atoms with Crippen LogP contribution < -0.4 is 5.73 Å². The van der Waals surface area contributed by atoms with Crippen molar-refractivity contribution >= 4 is 17.7 Å². The molecule has 0 radical (unpaired) electrons. The van der Waals surface area contributed by atoms with E-state index in [4.69, 9.17) is 10.5 Å². The summed E-state index contributed by atoms with van der Waals surface area (Å²) in [5, 5.41) is 8.87. The summed E-state index contributed by atoms with van der Waals surface area (Å²) in [7, 11) is 0. The van der Waals surface area contributed by atoms with E-state index in [1.54, 1.807) is 0 Å². The average molecular weight is 299 g/mol. The number of morpholine rings is 1. The van der Waals surface area contributed by atoms with Crippen LogP contribution in [0.15, 0.2) is 5.16 Å². The number of thioether (sulfide) groups is 1. The van der Waals surface area contributed by atoms with Gasteiger partial charge in [-0.15, -0.1) is 10.2 Å². The van der Waals surface area contributed by atoms with Gasteiger partial charge in [-0.1, -0.05) is 11.8 Å². The summed E-state index contributed by atoms with van der Waals surface area (Å²) in [6, 6.07) is 0. The van der Waals surface area contributed by atoms with Crippen molar-refractivity contribution in [1.82, 2.24) is 19.7 Å². The van der Waals surface area contributed by atoms with Gasteiger partial charge in [0.2, 0.25) is 5.91 Å². The number of aromatic nitrogens is 3. The number of hydrogen-bond donors (Lipinski definition) is 1. The number of carbonyl (C=O) groups excluding carboxylic acids is 1. The van der Waals surface area contributed by atoms with Gasteiger partial charge in [0.25, 0.3) is 0 Å². The molecule has 0 bridgehead atoms. The third-order valence-electron chi connectivity index (χ3n) is 3.17. The molecule has 1 aliphatic rings. The van der Waals surface area contributed by atoms with E-state index in [0.29, 0.717) is 38.5 Å². The summed E-state index contributed by atoms with van der Waals surface area (Å²) in [5.41, 5.74) is 5.57. The number of aryl methyl sites for hydroxylation is 1. The Balaban J connectivity index is 1.90. The van der Waals surface area contributed by atoms with Gasteiger partial charge < -0.3 is 19.9 Å². The first-order valence-electron chi connectivity index (χ1n) is 6.74. The van der Waals surface area contributed by atoms with Crippen molar-refractivity contribution in [3.8, 4) is 0 Å². The molecule has 1 atom stereocenters. The minimum Gasteiger partial charge on any atom is -0.375 e. The van der Waals surface area contributed by atoms with Gasteiger partial charge in [0.1, 0.15) is 5.82 Å². The normalized spacial score (nSPS) is 19.4. The molecule has 2 rings (SSSR count).